The molecule has 0 spiro atoms. The first kappa shape index (κ1) is 14.6. The highest BCUT2D eigenvalue weighted by molar-refractivity contribution is 7.15. The highest BCUT2D eigenvalue weighted by Crippen LogP contribution is 2.17. The van der Waals surface area contributed by atoms with Crippen LogP contribution >= 0.6 is 11.3 Å². The maximum absolute atomic E-state index is 11.5. The Bertz CT molecular complexity index is 428. The molecule has 0 aliphatic rings. The Labute approximate surface area is 110 Å². The number of carbonyl (C=O) groups excluding carboxylic acids is 2. The molecule has 0 saturated carbocycles. The Morgan fingerprint density at radius 2 is 1.83 bits per heavy atom. The van der Waals surface area contributed by atoms with Crippen LogP contribution in [-0.4, -0.2) is 28.1 Å². The first-order valence-corrected chi connectivity index (χ1v) is 6.64. The summed E-state index contributed by atoms with van der Waals surface area (Å²) in [5.74, 6) is -0.896. The largest absolute Gasteiger partial charge is 0.346 e. The van der Waals surface area contributed by atoms with Gasteiger partial charge in [-0.15, -0.1) is 10.2 Å². The molecule has 7 heteroatoms. The number of hydrogen-bond acceptors (Lipinski definition) is 5. The molecule has 2 N–H and O–H groups in total. The minimum Gasteiger partial charge on any atom is -0.346 e. The van der Waals surface area contributed by atoms with Crippen molar-refractivity contribution in [1.82, 2.24) is 15.5 Å². The summed E-state index contributed by atoms with van der Waals surface area (Å²) in [5.41, 5.74) is 0. The van der Waals surface area contributed by atoms with Gasteiger partial charge in [0.2, 0.25) is 5.13 Å². The molecule has 0 unspecified atom stereocenters. The minimum atomic E-state index is -0.712. The molecular weight excluding hydrogens is 252 g/mol. The molecule has 2 amide bonds. The third kappa shape index (κ3) is 4.79. The number of aromatic nitrogens is 2. The van der Waals surface area contributed by atoms with Crippen LogP contribution in [0, 0.1) is 5.92 Å². The standard InChI is InChI=1S/C11H18N4O2S/c1-6(2)5-8-14-15-11(18-8)13-10(17)9(16)12-7(3)4/h6-7H,5H2,1-4H3,(H,12,16)(H,13,15,17). The van der Waals surface area contributed by atoms with Gasteiger partial charge >= 0.3 is 11.8 Å². The first-order valence-electron chi connectivity index (χ1n) is 5.82. The Kier molecular flexibility index (Phi) is 5.21. The summed E-state index contributed by atoms with van der Waals surface area (Å²) >= 11 is 1.29. The van der Waals surface area contributed by atoms with Gasteiger partial charge in [0.1, 0.15) is 5.01 Å². The van der Waals surface area contributed by atoms with E-state index in [0.29, 0.717) is 11.0 Å². The van der Waals surface area contributed by atoms with Gasteiger partial charge in [-0.3, -0.25) is 14.9 Å². The van der Waals surface area contributed by atoms with Crippen LogP contribution in [0.1, 0.15) is 32.7 Å². The summed E-state index contributed by atoms with van der Waals surface area (Å²) in [6, 6.07) is -0.0748. The lowest BCUT2D eigenvalue weighted by molar-refractivity contribution is -0.136. The van der Waals surface area contributed by atoms with Crippen LogP contribution in [-0.2, 0) is 16.0 Å². The van der Waals surface area contributed by atoms with E-state index in [-0.39, 0.29) is 6.04 Å². The van der Waals surface area contributed by atoms with Gasteiger partial charge in [-0.05, 0) is 19.8 Å². The second kappa shape index (κ2) is 6.44. The van der Waals surface area contributed by atoms with Crippen LogP contribution in [0.15, 0.2) is 0 Å². The molecule has 0 atom stereocenters. The molecule has 18 heavy (non-hydrogen) atoms. The first-order chi connectivity index (χ1) is 8.38. The van der Waals surface area contributed by atoms with E-state index in [9.17, 15) is 9.59 Å². The molecule has 0 saturated heterocycles. The molecule has 0 aliphatic carbocycles. The second-order valence-corrected chi connectivity index (χ2v) is 5.74. The van der Waals surface area contributed by atoms with E-state index in [0.717, 1.165) is 11.4 Å². The zero-order chi connectivity index (χ0) is 13.7. The Morgan fingerprint density at radius 1 is 1.17 bits per heavy atom. The van der Waals surface area contributed by atoms with Gasteiger partial charge in [-0.2, -0.15) is 0 Å². The minimum absolute atomic E-state index is 0.0748. The van der Waals surface area contributed by atoms with Crippen molar-refractivity contribution in [3.05, 3.63) is 5.01 Å². The monoisotopic (exact) mass is 270 g/mol. The zero-order valence-electron chi connectivity index (χ0n) is 11.0. The number of anilines is 1. The molecule has 1 aromatic rings. The van der Waals surface area contributed by atoms with E-state index in [1.54, 1.807) is 13.8 Å². The van der Waals surface area contributed by atoms with Crippen molar-refractivity contribution in [2.24, 2.45) is 5.92 Å². The van der Waals surface area contributed by atoms with E-state index in [2.05, 4.69) is 34.7 Å². The smallest absolute Gasteiger partial charge is 0.315 e. The molecule has 1 rings (SSSR count). The summed E-state index contributed by atoms with van der Waals surface area (Å²) in [6.45, 7) is 7.74. The van der Waals surface area contributed by atoms with Gasteiger partial charge in [0.25, 0.3) is 0 Å². The van der Waals surface area contributed by atoms with Crippen molar-refractivity contribution in [2.75, 3.05) is 5.32 Å². The number of nitrogens with zero attached hydrogens (tertiary/aromatic N) is 2. The highest BCUT2D eigenvalue weighted by atomic mass is 32.1. The quantitative estimate of drug-likeness (QED) is 0.805. The fourth-order valence-corrected chi connectivity index (χ4v) is 2.16. The predicted molar refractivity (Wildman–Crippen MR) is 70.4 cm³/mol. The molecule has 0 radical (unpaired) electrons. The number of rotatable bonds is 4. The number of hydrogen-bond donors (Lipinski definition) is 2. The van der Waals surface area contributed by atoms with E-state index in [4.69, 9.17) is 0 Å². The Hall–Kier alpha value is -1.50. The summed E-state index contributed by atoms with van der Waals surface area (Å²) in [7, 11) is 0. The average Bonchev–Trinajstić information content (AvgIpc) is 2.63. The third-order valence-corrected chi connectivity index (χ3v) is 2.76. The molecule has 1 heterocycles. The molecule has 0 fully saturated rings. The molecule has 0 aliphatic heterocycles. The van der Waals surface area contributed by atoms with Gasteiger partial charge in [-0.25, -0.2) is 0 Å². The van der Waals surface area contributed by atoms with E-state index in [1.807, 2.05) is 0 Å². The molecule has 100 valence electrons. The van der Waals surface area contributed by atoms with Gasteiger partial charge < -0.3 is 5.32 Å². The van der Waals surface area contributed by atoms with Crippen molar-refractivity contribution in [2.45, 2.75) is 40.2 Å². The van der Waals surface area contributed by atoms with Crippen LogP contribution in [0.5, 0.6) is 0 Å². The molecule has 1 aromatic heterocycles. The normalized spacial score (nSPS) is 10.8. The summed E-state index contributed by atoms with van der Waals surface area (Å²) in [4.78, 5) is 22.9. The van der Waals surface area contributed by atoms with Crippen LogP contribution in [0.3, 0.4) is 0 Å². The van der Waals surface area contributed by atoms with E-state index < -0.39 is 11.8 Å². The van der Waals surface area contributed by atoms with Crippen molar-refractivity contribution in [3.63, 3.8) is 0 Å². The van der Waals surface area contributed by atoms with E-state index >= 15 is 0 Å². The molecule has 0 bridgehead atoms. The van der Waals surface area contributed by atoms with Gasteiger partial charge in [0.15, 0.2) is 0 Å². The topological polar surface area (TPSA) is 84.0 Å². The lowest BCUT2D eigenvalue weighted by Crippen LogP contribution is -2.39. The summed E-state index contributed by atoms with van der Waals surface area (Å²) in [6.07, 6.45) is 0.811. The SMILES string of the molecule is CC(C)Cc1nnc(NC(=O)C(=O)NC(C)C)s1. The van der Waals surface area contributed by atoms with Crippen molar-refractivity contribution >= 4 is 28.3 Å². The fraction of sp³-hybridized carbons (Fsp3) is 0.636. The number of amides is 2. The average molecular weight is 270 g/mol. The highest BCUT2D eigenvalue weighted by Gasteiger charge is 2.16. The van der Waals surface area contributed by atoms with E-state index in [1.165, 1.54) is 11.3 Å². The maximum Gasteiger partial charge on any atom is 0.315 e. The lowest BCUT2D eigenvalue weighted by Gasteiger charge is -2.06. The summed E-state index contributed by atoms with van der Waals surface area (Å²) < 4.78 is 0. The lowest BCUT2D eigenvalue weighted by atomic mass is 10.1. The fourth-order valence-electron chi connectivity index (χ4n) is 1.22. The van der Waals surface area contributed by atoms with Gasteiger partial charge in [0, 0.05) is 12.5 Å². The number of carbonyl (C=O) groups is 2. The van der Waals surface area contributed by atoms with Crippen molar-refractivity contribution < 1.29 is 9.59 Å². The van der Waals surface area contributed by atoms with Crippen molar-refractivity contribution in [3.8, 4) is 0 Å². The molecule has 6 nitrogen and oxygen atoms in total. The third-order valence-electron chi connectivity index (χ3n) is 1.90. The Morgan fingerprint density at radius 3 is 2.39 bits per heavy atom. The molecule has 0 aromatic carbocycles. The predicted octanol–water partition coefficient (Wildman–Crippen LogP) is 1.20. The van der Waals surface area contributed by atoms with Crippen LogP contribution in [0.25, 0.3) is 0 Å². The van der Waals surface area contributed by atoms with Crippen LogP contribution < -0.4 is 10.6 Å². The second-order valence-electron chi connectivity index (χ2n) is 4.68. The summed E-state index contributed by atoms with van der Waals surface area (Å²) in [5, 5.41) is 13.9. The molecular formula is C11H18N4O2S. The number of nitrogens with one attached hydrogen (secondary N) is 2. The van der Waals surface area contributed by atoms with Crippen LogP contribution in [0.4, 0.5) is 5.13 Å². The van der Waals surface area contributed by atoms with Crippen molar-refractivity contribution in [1.29, 1.82) is 0 Å². The Balaban J connectivity index is 2.54. The maximum atomic E-state index is 11.5. The van der Waals surface area contributed by atoms with Gasteiger partial charge in [0.05, 0.1) is 0 Å². The zero-order valence-corrected chi connectivity index (χ0v) is 11.8. The van der Waals surface area contributed by atoms with Gasteiger partial charge in [-0.1, -0.05) is 25.2 Å². The van der Waals surface area contributed by atoms with Crippen LogP contribution in [0.2, 0.25) is 0 Å².